The highest BCUT2D eigenvalue weighted by Gasteiger charge is 2.37. The van der Waals surface area contributed by atoms with E-state index in [0.29, 0.717) is 0 Å². The van der Waals surface area contributed by atoms with Gasteiger partial charge >= 0.3 is 0 Å². The first-order valence-electron chi connectivity index (χ1n) is 7.43. The molecule has 0 saturated carbocycles. The summed E-state index contributed by atoms with van der Waals surface area (Å²) >= 11 is 0. The lowest BCUT2D eigenvalue weighted by Crippen LogP contribution is -2.33. The highest BCUT2D eigenvalue weighted by molar-refractivity contribution is 5.90. The van der Waals surface area contributed by atoms with Gasteiger partial charge < -0.3 is 9.80 Å². The number of para-hydroxylation sites is 4. The van der Waals surface area contributed by atoms with Crippen LogP contribution < -0.4 is 19.6 Å². The number of rotatable bonds is 0. The van der Waals surface area contributed by atoms with Crippen molar-refractivity contribution in [2.24, 2.45) is 0 Å². The van der Waals surface area contributed by atoms with Crippen LogP contribution in [-0.4, -0.2) is 14.1 Å². The van der Waals surface area contributed by atoms with Gasteiger partial charge in [-0.1, -0.05) is 24.3 Å². The standard InChI is InChI=1S/C18H16N4/c1-19-13-7-3-5-9-15(13)21-12-18-20(2)14-8-4-6-10-16(14)22(18)11-17(19)21/h3-12H,1-2H3. The van der Waals surface area contributed by atoms with Gasteiger partial charge in [-0.25, -0.2) is 0 Å². The van der Waals surface area contributed by atoms with E-state index >= 15 is 0 Å². The molecule has 0 atom stereocenters. The summed E-state index contributed by atoms with van der Waals surface area (Å²) in [5.41, 5.74) is 4.94. The molecule has 22 heavy (non-hydrogen) atoms. The van der Waals surface area contributed by atoms with E-state index in [0.717, 1.165) is 0 Å². The van der Waals surface area contributed by atoms with Crippen LogP contribution in [0.25, 0.3) is 0 Å². The molecule has 108 valence electrons. The molecule has 0 aliphatic carbocycles. The second kappa shape index (κ2) is 3.85. The van der Waals surface area contributed by atoms with Crippen molar-refractivity contribution in [1.82, 2.24) is 0 Å². The zero-order valence-corrected chi connectivity index (χ0v) is 12.6. The fourth-order valence-electron chi connectivity index (χ4n) is 3.52. The number of hydrogen-bond donors (Lipinski definition) is 0. The Bertz CT molecular complexity index is 780. The van der Waals surface area contributed by atoms with Crippen molar-refractivity contribution in [2.75, 3.05) is 33.7 Å². The normalized spacial score (nSPS) is 17.7. The predicted molar refractivity (Wildman–Crippen MR) is 90.8 cm³/mol. The van der Waals surface area contributed by atoms with Crippen LogP contribution in [0.3, 0.4) is 0 Å². The van der Waals surface area contributed by atoms with E-state index in [1.807, 2.05) is 0 Å². The molecule has 0 fully saturated rings. The second-order valence-electron chi connectivity index (χ2n) is 5.81. The topological polar surface area (TPSA) is 13.0 Å². The average Bonchev–Trinajstić information content (AvgIpc) is 3.01. The van der Waals surface area contributed by atoms with Crippen molar-refractivity contribution in [2.45, 2.75) is 0 Å². The maximum atomic E-state index is 2.27. The van der Waals surface area contributed by atoms with Crippen LogP contribution in [0.1, 0.15) is 0 Å². The van der Waals surface area contributed by atoms with Crippen molar-refractivity contribution in [3.05, 3.63) is 72.6 Å². The third kappa shape index (κ3) is 1.27. The molecule has 0 saturated heterocycles. The molecule has 4 heteroatoms. The molecule has 4 nitrogen and oxygen atoms in total. The van der Waals surface area contributed by atoms with E-state index in [4.69, 9.17) is 0 Å². The van der Waals surface area contributed by atoms with Crippen molar-refractivity contribution < 1.29 is 0 Å². The van der Waals surface area contributed by atoms with Gasteiger partial charge in [0.05, 0.1) is 35.1 Å². The minimum absolute atomic E-state index is 1.18. The lowest BCUT2D eigenvalue weighted by atomic mass is 10.2. The van der Waals surface area contributed by atoms with Crippen molar-refractivity contribution >= 4 is 22.7 Å². The summed E-state index contributed by atoms with van der Waals surface area (Å²) in [6.45, 7) is 0. The molecular weight excluding hydrogens is 272 g/mol. The largest absolute Gasteiger partial charge is 0.328 e. The Morgan fingerprint density at radius 1 is 0.545 bits per heavy atom. The van der Waals surface area contributed by atoms with Crippen molar-refractivity contribution in [1.29, 1.82) is 0 Å². The molecule has 0 radical (unpaired) electrons. The van der Waals surface area contributed by atoms with Gasteiger partial charge in [0.15, 0.2) is 0 Å². The molecule has 2 aromatic rings. The fraction of sp³-hybridized carbons (Fsp3) is 0.111. The Kier molecular flexibility index (Phi) is 2.06. The van der Waals surface area contributed by atoms with Gasteiger partial charge in [-0.2, -0.15) is 0 Å². The number of hydrogen-bond acceptors (Lipinski definition) is 4. The lowest BCUT2D eigenvalue weighted by Gasteiger charge is -2.30. The van der Waals surface area contributed by atoms with Crippen LogP contribution in [0.2, 0.25) is 0 Å². The molecule has 0 N–H and O–H groups in total. The molecule has 0 amide bonds. The van der Waals surface area contributed by atoms with Crippen LogP contribution >= 0.6 is 0 Å². The van der Waals surface area contributed by atoms with E-state index in [1.165, 1.54) is 34.4 Å². The van der Waals surface area contributed by atoms with Crippen LogP contribution in [-0.2, 0) is 0 Å². The number of anilines is 4. The van der Waals surface area contributed by atoms with Crippen molar-refractivity contribution in [3.8, 4) is 0 Å². The second-order valence-corrected chi connectivity index (χ2v) is 5.81. The number of fused-ring (bicyclic) bond motifs is 6. The molecule has 0 unspecified atom stereocenters. The van der Waals surface area contributed by atoms with Gasteiger partial charge in [0.25, 0.3) is 0 Å². The van der Waals surface area contributed by atoms with E-state index in [-0.39, 0.29) is 0 Å². The molecule has 0 aromatic heterocycles. The molecule has 0 spiro atoms. The zero-order chi connectivity index (χ0) is 14.8. The fourth-order valence-corrected chi connectivity index (χ4v) is 3.52. The molecule has 2 aromatic carbocycles. The van der Waals surface area contributed by atoms with Crippen LogP contribution in [0.4, 0.5) is 22.7 Å². The maximum Gasteiger partial charge on any atom is 0.134 e. The van der Waals surface area contributed by atoms with Gasteiger partial charge in [-0.15, -0.1) is 0 Å². The third-order valence-corrected chi connectivity index (χ3v) is 4.68. The van der Waals surface area contributed by atoms with Gasteiger partial charge in [-0.05, 0) is 24.3 Å². The molecule has 3 aliphatic heterocycles. The summed E-state index contributed by atoms with van der Waals surface area (Å²) in [6, 6.07) is 17.0. The SMILES string of the molecule is CN1C2=CN3C(=CN2c2ccccc21)N(C)c1ccccc13. The number of benzene rings is 2. The van der Waals surface area contributed by atoms with Gasteiger partial charge in [0.1, 0.15) is 11.6 Å². The lowest BCUT2D eigenvalue weighted by molar-refractivity contribution is 0.964. The van der Waals surface area contributed by atoms with E-state index in [2.05, 4.69) is 94.6 Å². The summed E-state index contributed by atoms with van der Waals surface area (Å²) < 4.78 is 0. The Morgan fingerprint density at radius 2 is 0.909 bits per heavy atom. The monoisotopic (exact) mass is 288 g/mol. The first-order valence-corrected chi connectivity index (χ1v) is 7.43. The Labute approximate surface area is 129 Å². The first-order chi connectivity index (χ1) is 10.8. The van der Waals surface area contributed by atoms with E-state index in [9.17, 15) is 0 Å². The molecule has 3 heterocycles. The summed E-state index contributed by atoms with van der Waals surface area (Å²) in [4.78, 5) is 9.01. The summed E-state index contributed by atoms with van der Waals surface area (Å²) in [6.07, 6.45) is 4.44. The molecule has 5 rings (SSSR count). The minimum atomic E-state index is 1.18. The van der Waals surface area contributed by atoms with Crippen LogP contribution in [0.5, 0.6) is 0 Å². The van der Waals surface area contributed by atoms with Crippen LogP contribution in [0, 0.1) is 0 Å². The van der Waals surface area contributed by atoms with Gasteiger partial charge in [-0.3, -0.25) is 9.80 Å². The van der Waals surface area contributed by atoms with E-state index < -0.39 is 0 Å². The summed E-state index contributed by atoms with van der Waals surface area (Å²) in [7, 11) is 4.24. The van der Waals surface area contributed by atoms with Gasteiger partial charge in [0, 0.05) is 14.1 Å². The molecular formula is C18H16N4. The highest BCUT2D eigenvalue weighted by Crippen LogP contribution is 2.48. The average molecular weight is 288 g/mol. The Hall–Kier alpha value is -2.88. The molecule has 3 aliphatic rings. The predicted octanol–water partition coefficient (Wildman–Crippen LogP) is 3.51. The minimum Gasteiger partial charge on any atom is -0.328 e. The first kappa shape index (κ1) is 11.7. The summed E-state index contributed by atoms with van der Waals surface area (Å²) in [5.74, 6) is 2.35. The third-order valence-electron chi connectivity index (χ3n) is 4.68. The Balaban J connectivity index is 1.71. The quantitative estimate of drug-likeness (QED) is 0.735. The van der Waals surface area contributed by atoms with Crippen LogP contribution in [0.15, 0.2) is 72.6 Å². The highest BCUT2D eigenvalue weighted by atomic mass is 15.5. The van der Waals surface area contributed by atoms with E-state index in [1.54, 1.807) is 0 Å². The van der Waals surface area contributed by atoms with Gasteiger partial charge in [0.2, 0.25) is 0 Å². The summed E-state index contributed by atoms with van der Waals surface area (Å²) in [5, 5.41) is 0. The zero-order valence-electron chi connectivity index (χ0n) is 12.6. The van der Waals surface area contributed by atoms with Crippen molar-refractivity contribution in [3.63, 3.8) is 0 Å². The Morgan fingerprint density at radius 3 is 1.32 bits per heavy atom. The maximum absolute atomic E-state index is 2.27. The smallest absolute Gasteiger partial charge is 0.134 e. The number of nitrogens with zero attached hydrogens (tertiary/aromatic N) is 4. The molecule has 0 bridgehead atoms.